The molecule has 0 radical (unpaired) electrons. The molecule has 0 bridgehead atoms. The summed E-state index contributed by atoms with van der Waals surface area (Å²) in [5.41, 5.74) is 7.84. The molecule has 0 aliphatic carbocycles. The fourth-order valence-electron chi connectivity index (χ4n) is 2.21. The topological polar surface area (TPSA) is 48.4 Å². The molecule has 0 spiro atoms. The Bertz CT molecular complexity index is 516. The highest BCUT2D eigenvalue weighted by molar-refractivity contribution is 5.87. The van der Waals surface area contributed by atoms with Crippen LogP contribution >= 0.6 is 0 Å². The average molecular weight is 247 g/mol. The summed E-state index contributed by atoms with van der Waals surface area (Å²) in [5, 5.41) is 1.14. The summed E-state index contributed by atoms with van der Waals surface area (Å²) >= 11 is 0. The number of hydrogen-bond acceptors (Lipinski definition) is 3. The van der Waals surface area contributed by atoms with Gasteiger partial charge in [0.25, 0.3) is 0 Å². The first-order valence-electron chi connectivity index (χ1n) is 6.67. The van der Waals surface area contributed by atoms with Gasteiger partial charge in [0.05, 0.1) is 13.2 Å². The van der Waals surface area contributed by atoms with E-state index >= 15 is 0 Å². The highest BCUT2D eigenvalue weighted by atomic mass is 16.5. The minimum atomic E-state index is 0.442. The second-order valence-corrected chi connectivity index (χ2v) is 4.44. The predicted octanol–water partition coefficient (Wildman–Crippen LogP) is 3.63. The monoisotopic (exact) mass is 247 g/mol. The molecule has 2 aromatic rings. The van der Waals surface area contributed by atoms with Gasteiger partial charge >= 0.3 is 0 Å². The van der Waals surface area contributed by atoms with Gasteiger partial charge in [-0.1, -0.05) is 32.4 Å². The second-order valence-electron chi connectivity index (χ2n) is 4.44. The summed E-state index contributed by atoms with van der Waals surface area (Å²) in [5.74, 6) is 1.71. The van der Waals surface area contributed by atoms with Crippen molar-refractivity contribution in [2.45, 2.75) is 39.7 Å². The van der Waals surface area contributed by atoms with Crippen LogP contribution in [0.4, 0.5) is 0 Å². The number of aryl methyl sites for hydroxylation is 1. The number of hydrogen-bond donors (Lipinski definition) is 1. The number of benzene rings is 1. The molecule has 2 rings (SSSR count). The fraction of sp³-hybridized carbons (Fsp3) is 0.467. The van der Waals surface area contributed by atoms with Crippen molar-refractivity contribution in [3.8, 4) is 5.75 Å². The summed E-state index contributed by atoms with van der Waals surface area (Å²) in [4.78, 5) is 0. The van der Waals surface area contributed by atoms with Crippen LogP contribution in [0, 0.1) is 0 Å². The van der Waals surface area contributed by atoms with E-state index in [1.54, 1.807) is 0 Å². The molecule has 3 nitrogen and oxygen atoms in total. The summed E-state index contributed by atoms with van der Waals surface area (Å²) in [6.07, 6.45) is 3.07. The Morgan fingerprint density at radius 2 is 2.06 bits per heavy atom. The normalized spacial score (nSPS) is 11.1. The van der Waals surface area contributed by atoms with E-state index in [9.17, 15) is 0 Å². The summed E-state index contributed by atoms with van der Waals surface area (Å²) in [7, 11) is 0. The van der Waals surface area contributed by atoms with E-state index in [1.165, 1.54) is 5.56 Å². The Kier molecular flexibility index (Phi) is 4.26. The van der Waals surface area contributed by atoms with Crippen molar-refractivity contribution in [1.29, 1.82) is 0 Å². The summed E-state index contributed by atoms with van der Waals surface area (Å²) < 4.78 is 11.6. The Balaban J connectivity index is 2.49. The highest BCUT2D eigenvalue weighted by Gasteiger charge is 2.15. The van der Waals surface area contributed by atoms with E-state index in [0.29, 0.717) is 13.2 Å². The molecule has 1 aromatic heterocycles. The molecular weight excluding hydrogens is 226 g/mol. The molecule has 0 aliphatic rings. The quantitative estimate of drug-likeness (QED) is 0.848. The van der Waals surface area contributed by atoms with Crippen LogP contribution < -0.4 is 10.5 Å². The third-order valence-electron chi connectivity index (χ3n) is 3.01. The number of nitrogens with two attached hydrogens (primary N) is 1. The van der Waals surface area contributed by atoms with E-state index < -0.39 is 0 Å². The first kappa shape index (κ1) is 13.0. The smallest absolute Gasteiger partial charge is 0.176 e. The third-order valence-corrected chi connectivity index (χ3v) is 3.01. The van der Waals surface area contributed by atoms with Gasteiger partial charge in [-0.15, -0.1) is 0 Å². The van der Waals surface area contributed by atoms with E-state index in [0.717, 1.165) is 41.7 Å². The molecule has 0 aliphatic heterocycles. The van der Waals surface area contributed by atoms with Gasteiger partial charge in [-0.3, -0.25) is 0 Å². The van der Waals surface area contributed by atoms with Gasteiger partial charge in [-0.25, -0.2) is 0 Å². The van der Waals surface area contributed by atoms with Crippen LogP contribution in [0.3, 0.4) is 0 Å². The average Bonchev–Trinajstić information content (AvgIpc) is 2.76. The molecule has 98 valence electrons. The Morgan fingerprint density at radius 3 is 2.72 bits per heavy atom. The standard InChI is InChI=1S/C15H21NO2/c1-3-6-11-12-7-5-8-13(17-9-4-2)15(12)18-14(11)10-16/h5,7-8H,3-4,6,9-10,16H2,1-2H3. The van der Waals surface area contributed by atoms with E-state index in [-0.39, 0.29) is 0 Å². The zero-order valence-corrected chi connectivity index (χ0v) is 11.2. The van der Waals surface area contributed by atoms with Crippen LogP contribution in [0.1, 0.15) is 38.0 Å². The first-order valence-corrected chi connectivity index (χ1v) is 6.67. The lowest BCUT2D eigenvalue weighted by Gasteiger charge is -2.04. The molecule has 0 unspecified atom stereocenters. The van der Waals surface area contributed by atoms with Crippen molar-refractivity contribution in [3.63, 3.8) is 0 Å². The van der Waals surface area contributed by atoms with Crippen LogP contribution in [-0.4, -0.2) is 6.61 Å². The van der Waals surface area contributed by atoms with E-state index in [4.69, 9.17) is 14.9 Å². The van der Waals surface area contributed by atoms with Crippen LogP contribution in [-0.2, 0) is 13.0 Å². The van der Waals surface area contributed by atoms with Crippen molar-refractivity contribution in [2.24, 2.45) is 5.73 Å². The lowest BCUT2D eigenvalue weighted by atomic mass is 10.1. The second kappa shape index (κ2) is 5.91. The molecule has 0 saturated carbocycles. The third kappa shape index (κ3) is 2.36. The van der Waals surface area contributed by atoms with Crippen LogP contribution in [0.15, 0.2) is 22.6 Å². The van der Waals surface area contributed by atoms with Crippen LogP contribution in [0.2, 0.25) is 0 Å². The Morgan fingerprint density at radius 1 is 1.22 bits per heavy atom. The van der Waals surface area contributed by atoms with Gasteiger partial charge in [0.15, 0.2) is 11.3 Å². The van der Waals surface area contributed by atoms with Crippen molar-refractivity contribution in [1.82, 2.24) is 0 Å². The maximum absolute atomic E-state index is 5.88. The zero-order chi connectivity index (χ0) is 13.0. The lowest BCUT2D eigenvalue weighted by Crippen LogP contribution is -1.98. The molecule has 0 amide bonds. The number of furan rings is 1. The van der Waals surface area contributed by atoms with Gasteiger partial charge in [-0.05, 0) is 18.9 Å². The Hall–Kier alpha value is -1.48. The van der Waals surface area contributed by atoms with Crippen molar-refractivity contribution < 1.29 is 9.15 Å². The summed E-state index contributed by atoms with van der Waals surface area (Å²) in [6, 6.07) is 6.06. The number of fused-ring (bicyclic) bond motifs is 1. The number of para-hydroxylation sites is 1. The van der Waals surface area contributed by atoms with E-state index in [2.05, 4.69) is 19.9 Å². The molecular formula is C15H21NO2. The van der Waals surface area contributed by atoms with Gasteiger partial charge in [-0.2, -0.15) is 0 Å². The Labute approximate surface area is 108 Å². The predicted molar refractivity (Wildman–Crippen MR) is 73.9 cm³/mol. The molecule has 3 heteroatoms. The lowest BCUT2D eigenvalue weighted by molar-refractivity contribution is 0.315. The minimum absolute atomic E-state index is 0.442. The molecule has 1 aromatic carbocycles. The number of ether oxygens (including phenoxy) is 1. The highest BCUT2D eigenvalue weighted by Crippen LogP contribution is 2.33. The number of rotatable bonds is 6. The molecule has 2 N–H and O–H groups in total. The SMILES string of the molecule is CCCOc1cccc2c(CCC)c(CN)oc12. The van der Waals surface area contributed by atoms with Crippen LogP contribution in [0.5, 0.6) is 5.75 Å². The first-order chi connectivity index (χ1) is 8.81. The fourth-order valence-corrected chi connectivity index (χ4v) is 2.21. The summed E-state index contributed by atoms with van der Waals surface area (Å²) in [6.45, 7) is 5.41. The van der Waals surface area contributed by atoms with Crippen molar-refractivity contribution in [2.75, 3.05) is 6.61 Å². The molecule has 1 heterocycles. The zero-order valence-electron chi connectivity index (χ0n) is 11.2. The maximum atomic E-state index is 5.88. The maximum Gasteiger partial charge on any atom is 0.176 e. The largest absolute Gasteiger partial charge is 0.490 e. The van der Waals surface area contributed by atoms with E-state index in [1.807, 2.05) is 12.1 Å². The minimum Gasteiger partial charge on any atom is -0.490 e. The van der Waals surface area contributed by atoms with Gasteiger partial charge in [0, 0.05) is 10.9 Å². The van der Waals surface area contributed by atoms with Gasteiger partial charge < -0.3 is 14.9 Å². The van der Waals surface area contributed by atoms with Crippen molar-refractivity contribution >= 4 is 11.0 Å². The molecule has 0 fully saturated rings. The van der Waals surface area contributed by atoms with Crippen LogP contribution in [0.25, 0.3) is 11.0 Å². The molecule has 18 heavy (non-hydrogen) atoms. The van der Waals surface area contributed by atoms with Gasteiger partial charge in [0.2, 0.25) is 0 Å². The molecule has 0 saturated heterocycles. The molecule has 0 atom stereocenters. The van der Waals surface area contributed by atoms with Crippen molar-refractivity contribution in [3.05, 3.63) is 29.5 Å². The van der Waals surface area contributed by atoms with Gasteiger partial charge in [0.1, 0.15) is 5.76 Å².